The molecule has 1 atom stereocenters. The van der Waals surface area contributed by atoms with Crippen LogP contribution in [0.4, 0.5) is 5.69 Å². The average Bonchev–Trinajstić information content (AvgIpc) is 3.00. The normalized spacial score (nSPS) is 14.7. The fraction of sp³-hybridized carbons (Fsp3) is 0.394. The molecule has 1 fully saturated rings. The molecule has 1 aliphatic carbocycles. The second-order valence-electron chi connectivity index (χ2n) is 11.4. The van der Waals surface area contributed by atoms with Gasteiger partial charge in [0.25, 0.3) is 10.0 Å². The van der Waals surface area contributed by atoms with Crippen molar-refractivity contribution in [2.24, 2.45) is 0 Å². The summed E-state index contributed by atoms with van der Waals surface area (Å²) < 4.78 is 29.0. The molecule has 0 aromatic heterocycles. The van der Waals surface area contributed by atoms with Crippen molar-refractivity contribution in [2.45, 2.75) is 82.3 Å². The molecule has 10 heteroatoms. The lowest BCUT2D eigenvalue weighted by molar-refractivity contribution is -0.139. The highest BCUT2D eigenvalue weighted by Gasteiger charge is 2.33. The van der Waals surface area contributed by atoms with E-state index in [1.54, 1.807) is 55.5 Å². The van der Waals surface area contributed by atoms with Gasteiger partial charge in [-0.1, -0.05) is 92.7 Å². The van der Waals surface area contributed by atoms with Crippen LogP contribution in [0, 0.1) is 0 Å². The molecule has 0 spiro atoms. The van der Waals surface area contributed by atoms with Crippen molar-refractivity contribution in [3.05, 3.63) is 94.0 Å². The number of hydrogen-bond acceptors (Lipinski definition) is 4. The summed E-state index contributed by atoms with van der Waals surface area (Å²) in [7, 11) is -4.12. The van der Waals surface area contributed by atoms with Crippen molar-refractivity contribution in [2.75, 3.05) is 10.8 Å². The van der Waals surface area contributed by atoms with Gasteiger partial charge in [-0.15, -0.1) is 0 Å². The van der Waals surface area contributed by atoms with Crippen molar-refractivity contribution < 1.29 is 18.0 Å². The maximum atomic E-state index is 14.2. The van der Waals surface area contributed by atoms with E-state index < -0.39 is 28.5 Å². The van der Waals surface area contributed by atoms with Crippen LogP contribution >= 0.6 is 23.2 Å². The molecule has 0 radical (unpaired) electrons. The lowest BCUT2D eigenvalue weighted by Gasteiger charge is -2.33. The van der Waals surface area contributed by atoms with Gasteiger partial charge in [-0.25, -0.2) is 8.42 Å². The van der Waals surface area contributed by atoms with Crippen LogP contribution in [0.5, 0.6) is 0 Å². The first-order valence-corrected chi connectivity index (χ1v) is 16.9. The molecule has 230 valence electrons. The van der Waals surface area contributed by atoms with E-state index in [1.165, 1.54) is 17.0 Å². The summed E-state index contributed by atoms with van der Waals surface area (Å²) in [6.45, 7) is 5.32. The molecule has 3 aromatic rings. The molecule has 43 heavy (non-hydrogen) atoms. The van der Waals surface area contributed by atoms with Gasteiger partial charge in [0.1, 0.15) is 12.6 Å². The number of nitrogens with zero attached hydrogens (tertiary/aromatic N) is 2. The smallest absolute Gasteiger partial charge is 0.264 e. The first-order chi connectivity index (χ1) is 20.5. The highest BCUT2D eigenvalue weighted by atomic mass is 35.5. The zero-order chi connectivity index (χ0) is 31.1. The lowest BCUT2D eigenvalue weighted by atomic mass is 9.95. The molecule has 3 aromatic carbocycles. The van der Waals surface area contributed by atoms with Crippen molar-refractivity contribution in [1.82, 2.24) is 10.2 Å². The van der Waals surface area contributed by atoms with E-state index in [-0.39, 0.29) is 29.3 Å². The number of halogens is 2. The topological polar surface area (TPSA) is 86.8 Å². The van der Waals surface area contributed by atoms with E-state index in [0.717, 1.165) is 42.0 Å². The highest BCUT2D eigenvalue weighted by molar-refractivity contribution is 7.92. The molecule has 0 bridgehead atoms. The molecule has 0 aliphatic heterocycles. The zero-order valence-electron chi connectivity index (χ0n) is 24.8. The minimum absolute atomic E-state index is 0.0422. The Bertz CT molecular complexity index is 1510. The van der Waals surface area contributed by atoms with Gasteiger partial charge < -0.3 is 10.2 Å². The summed E-state index contributed by atoms with van der Waals surface area (Å²) in [5, 5.41) is 3.80. The maximum absolute atomic E-state index is 14.2. The van der Waals surface area contributed by atoms with E-state index in [0.29, 0.717) is 21.3 Å². The van der Waals surface area contributed by atoms with Gasteiger partial charge in [0.2, 0.25) is 11.8 Å². The van der Waals surface area contributed by atoms with Gasteiger partial charge in [-0.05, 0) is 73.2 Å². The van der Waals surface area contributed by atoms with Crippen LogP contribution in [0.3, 0.4) is 0 Å². The van der Waals surface area contributed by atoms with Crippen LogP contribution in [0.25, 0.3) is 0 Å². The third kappa shape index (κ3) is 8.31. The Hall–Kier alpha value is -3.07. The van der Waals surface area contributed by atoms with Crippen molar-refractivity contribution in [1.29, 1.82) is 0 Å². The van der Waals surface area contributed by atoms with Crippen LogP contribution in [0.1, 0.15) is 69.9 Å². The van der Waals surface area contributed by atoms with Gasteiger partial charge in [-0.2, -0.15) is 0 Å². The van der Waals surface area contributed by atoms with Gasteiger partial charge >= 0.3 is 0 Å². The molecule has 1 aliphatic rings. The summed E-state index contributed by atoms with van der Waals surface area (Å²) in [6.07, 6.45) is 5.04. The van der Waals surface area contributed by atoms with Gasteiger partial charge in [-0.3, -0.25) is 13.9 Å². The standard InChI is InChI=1S/C33H39Cl2N3O4S/c1-23(2)26-15-17-28(18-16-26)38(43(41,42)29-12-8-5-9-13-29)22-32(39)37(21-25-14-19-30(34)31(35)20-25)24(3)33(40)36-27-10-6-4-7-11-27/h5,8-9,12-20,23-24,27H,4,6-7,10-11,21-22H2,1-3H3,(H,36,40). The maximum Gasteiger partial charge on any atom is 0.264 e. The summed E-state index contributed by atoms with van der Waals surface area (Å²) in [4.78, 5) is 29.1. The number of carbonyl (C=O) groups excluding carboxylic acids is 2. The molecule has 7 nitrogen and oxygen atoms in total. The SMILES string of the molecule is CC(C)c1ccc(N(CC(=O)N(Cc2ccc(Cl)c(Cl)c2)C(C)C(=O)NC2CCCCC2)S(=O)(=O)c2ccccc2)cc1. The van der Waals surface area contributed by atoms with E-state index in [9.17, 15) is 18.0 Å². The first-order valence-electron chi connectivity index (χ1n) is 14.7. The second-order valence-corrected chi connectivity index (χ2v) is 14.0. The highest BCUT2D eigenvalue weighted by Crippen LogP contribution is 2.28. The number of carbonyl (C=O) groups is 2. The number of rotatable bonds is 11. The molecular weight excluding hydrogens is 605 g/mol. The van der Waals surface area contributed by atoms with Crippen molar-refractivity contribution >= 4 is 50.7 Å². The van der Waals surface area contributed by atoms with E-state index in [2.05, 4.69) is 19.2 Å². The van der Waals surface area contributed by atoms with E-state index in [4.69, 9.17) is 23.2 Å². The third-order valence-electron chi connectivity index (χ3n) is 7.91. The Morgan fingerprint density at radius 3 is 2.14 bits per heavy atom. The van der Waals surface area contributed by atoms with Crippen LogP contribution < -0.4 is 9.62 Å². The summed E-state index contributed by atoms with van der Waals surface area (Å²) in [5.74, 6) is -0.552. The van der Waals surface area contributed by atoms with Crippen LogP contribution in [-0.4, -0.2) is 43.8 Å². The van der Waals surface area contributed by atoms with Gasteiger partial charge in [0, 0.05) is 12.6 Å². The van der Waals surface area contributed by atoms with Crippen LogP contribution in [0.2, 0.25) is 10.0 Å². The Kier molecular flexibility index (Phi) is 11.2. The van der Waals surface area contributed by atoms with Gasteiger partial charge in [0.05, 0.1) is 20.6 Å². The fourth-order valence-electron chi connectivity index (χ4n) is 5.26. The summed E-state index contributed by atoms with van der Waals surface area (Å²) in [5.41, 5.74) is 2.07. The predicted molar refractivity (Wildman–Crippen MR) is 173 cm³/mol. The number of hydrogen-bond donors (Lipinski definition) is 1. The molecule has 1 N–H and O–H groups in total. The number of sulfonamides is 1. The number of nitrogens with one attached hydrogen (secondary N) is 1. The van der Waals surface area contributed by atoms with Gasteiger partial charge in [0.15, 0.2) is 0 Å². The molecular formula is C33H39Cl2N3O4S. The molecule has 4 rings (SSSR count). The molecule has 0 heterocycles. The Morgan fingerprint density at radius 1 is 0.884 bits per heavy atom. The zero-order valence-corrected chi connectivity index (χ0v) is 27.1. The minimum atomic E-state index is -4.12. The first kappa shape index (κ1) is 32.8. The number of amides is 2. The van der Waals surface area contributed by atoms with Crippen LogP contribution in [-0.2, 0) is 26.2 Å². The lowest BCUT2D eigenvalue weighted by Crippen LogP contribution is -2.53. The minimum Gasteiger partial charge on any atom is -0.352 e. The monoisotopic (exact) mass is 643 g/mol. The largest absolute Gasteiger partial charge is 0.352 e. The molecule has 1 saturated carbocycles. The van der Waals surface area contributed by atoms with Crippen LogP contribution in [0.15, 0.2) is 77.7 Å². The van der Waals surface area contributed by atoms with Crippen molar-refractivity contribution in [3.8, 4) is 0 Å². The molecule has 1 unspecified atom stereocenters. The molecule has 2 amide bonds. The Balaban J connectivity index is 1.69. The van der Waals surface area contributed by atoms with E-state index in [1.807, 2.05) is 12.1 Å². The quantitative estimate of drug-likeness (QED) is 0.240. The number of anilines is 1. The third-order valence-corrected chi connectivity index (χ3v) is 10.4. The number of benzene rings is 3. The Labute approximate surface area is 265 Å². The molecule has 0 saturated heterocycles. The summed E-state index contributed by atoms with van der Waals surface area (Å²) >= 11 is 12.4. The predicted octanol–water partition coefficient (Wildman–Crippen LogP) is 7.18. The Morgan fingerprint density at radius 2 is 1.53 bits per heavy atom. The van der Waals surface area contributed by atoms with E-state index >= 15 is 0 Å². The second kappa shape index (κ2) is 14.6. The summed E-state index contributed by atoms with van der Waals surface area (Å²) in [6, 6.07) is 19.4. The van der Waals surface area contributed by atoms with Crippen molar-refractivity contribution in [3.63, 3.8) is 0 Å². The fourth-order valence-corrected chi connectivity index (χ4v) is 7.02. The average molecular weight is 645 g/mol.